The molecule has 0 aliphatic carbocycles. The molecule has 0 amide bonds. The fraction of sp³-hybridized carbons (Fsp3) is 0.387. The minimum Gasteiger partial charge on any atom is -0.476 e. The Morgan fingerprint density at radius 3 is 2.35 bits per heavy atom. The number of halogens is 1. The molecule has 0 unspecified atom stereocenters. The lowest BCUT2D eigenvalue weighted by molar-refractivity contribution is -0.170. The minimum atomic E-state index is -1.11. The average Bonchev–Trinajstić information content (AvgIpc) is 3.43. The van der Waals surface area contributed by atoms with E-state index in [0.29, 0.717) is 31.3 Å². The first-order valence-electron chi connectivity index (χ1n) is 13.1. The predicted octanol–water partition coefficient (Wildman–Crippen LogP) is 7.88. The van der Waals surface area contributed by atoms with Crippen molar-refractivity contribution in [2.24, 2.45) is 0 Å². The molecule has 0 aliphatic heterocycles. The van der Waals surface area contributed by atoms with Crippen molar-refractivity contribution >= 4 is 33.2 Å². The Bertz CT molecular complexity index is 1450. The number of nitrogens with zero attached hydrogens (tertiary/aromatic N) is 3. The van der Waals surface area contributed by atoms with Crippen molar-refractivity contribution in [2.45, 2.75) is 79.3 Å². The quantitative estimate of drug-likeness (QED) is 0.166. The van der Waals surface area contributed by atoms with Crippen LogP contribution in [0.4, 0.5) is 0 Å². The first kappa shape index (κ1) is 30.0. The molecule has 40 heavy (non-hydrogen) atoms. The van der Waals surface area contributed by atoms with Gasteiger partial charge in [-0.25, -0.2) is 14.8 Å². The molecule has 2 aromatic carbocycles. The van der Waals surface area contributed by atoms with Gasteiger partial charge < -0.3 is 13.9 Å². The summed E-state index contributed by atoms with van der Waals surface area (Å²) in [6, 6.07) is 15.7. The van der Waals surface area contributed by atoms with Crippen LogP contribution in [0.25, 0.3) is 11.5 Å². The van der Waals surface area contributed by atoms with Gasteiger partial charge in [-0.15, -0.1) is 11.3 Å². The highest BCUT2D eigenvalue weighted by atomic mass is 79.9. The van der Waals surface area contributed by atoms with Crippen LogP contribution in [0.2, 0.25) is 0 Å². The number of aryl methyl sites for hydroxylation is 2. The Kier molecular flexibility index (Phi) is 9.17. The van der Waals surface area contributed by atoms with Crippen molar-refractivity contribution in [3.05, 3.63) is 86.1 Å². The average molecular weight is 627 g/mol. The second-order valence-electron chi connectivity index (χ2n) is 11.3. The summed E-state index contributed by atoms with van der Waals surface area (Å²) in [5, 5.41) is 3.14. The molecule has 212 valence electrons. The van der Waals surface area contributed by atoms with Gasteiger partial charge in [-0.2, -0.15) is 0 Å². The normalized spacial score (nSPS) is 12.1. The molecule has 2 heterocycles. The molecule has 4 rings (SSSR count). The standard InChI is InChI=1S/C31H36BrN3O4S/c1-20-27(34-28(37-20)23-9-8-10-24(32)15-23)18-35(17-25-19-40-21(2)33-25)16-22-11-13-26(14-12-22)38-31(6,7)29(36)39-30(3,4)5/h8-15,19H,16-18H2,1-7H3. The summed E-state index contributed by atoms with van der Waals surface area (Å²) in [6.45, 7) is 14.9. The maximum Gasteiger partial charge on any atom is 0.350 e. The zero-order chi connectivity index (χ0) is 29.1. The molecule has 0 bridgehead atoms. The van der Waals surface area contributed by atoms with E-state index in [9.17, 15) is 4.79 Å². The van der Waals surface area contributed by atoms with Crippen LogP contribution in [0.1, 0.15) is 62.3 Å². The number of carbonyl (C=O) groups is 1. The molecule has 0 radical (unpaired) electrons. The topological polar surface area (TPSA) is 77.7 Å². The van der Waals surface area contributed by atoms with E-state index in [1.54, 1.807) is 25.2 Å². The van der Waals surface area contributed by atoms with E-state index in [1.807, 2.05) is 83.1 Å². The molecule has 4 aromatic rings. The summed E-state index contributed by atoms with van der Waals surface area (Å²) in [5.41, 5.74) is 2.25. The van der Waals surface area contributed by atoms with E-state index < -0.39 is 17.2 Å². The lowest BCUT2D eigenvalue weighted by atomic mass is 10.1. The van der Waals surface area contributed by atoms with E-state index in [1.165, 1.54) is 0 Å². The number of hydrogen-bond acceptors (Lipinski definition) is 8. The fourth-order valence-corrected chi connectivity index (χ4v) is 5.07. The maximum absolute atomic E-state index is 12.6. The summed E-state index contributed by atoms with van der Waals surface area (Å²) in [5.74, 6) is 1.60. The Hall–Kier alpha value is -3.01. The molecular weight excluding hydrogens is 590 g/mol. The second kappa shape index (κ2) is 12.2. The van der Waals surface area contributed by atoms with Crippen molar-refractivity contribution in [1.29, 1.82) is 0 Å². The van der Waals surface area contributed by atoms with Gasteiger partial charge in [-0.3, -0.25) is 4.90 Å². The first-order valence-corrected chi connectivity index (χ1v) is 14.8. The van der Waals surface area contributed by atoms with Crippen LogP contribution in [0.15, 0.2) is 62.8 Å². The van der Waals surface area contributed by atoms with Gasteiger partial charge in [0, 0.05) is 35.1 Å². The molecule has 9 heteroatoms. The monoisotopic (exact) mass is 625 g/mol. The van der Waals surface area contributed by atoms with Crippen LogP contribution in [0.3, 0.4) is 0 Å². The molecule has 0 saturated heterocycles. The summed E-state index contributed by atoms with van der Waals surface area (Å²) >= 11 is 5.17. The van der Waals surface area contributed by atoms with Gasteiger partial charge in [-0.05, 0) is 84.4 Å². The maximum atomic E-state index is 12.6. The number of esters is 1. The first-order chi connectivity index (χ1) is 18.8. The van der Waals surface area contributed by atoms with Crippen LogP contribution >= 0.6 is 27.3 Å². The largest absolute Gasteiger partial charge is 0.476 e. The third-order valence-electron chi connectivity index (χ3n) is 5.98. The Morgan fingerprint density at radius 2 is 1.73 bits per heavy atom. The Balaban J connectivity index is 1.50. The number of thiazole rings is 1. The molecular formula is C31H36BrN3O4S. The van der Waals surface area contributed by atoms with Gasteiger partial charge in [0.15, 0.2) is 5.60 Å². The molecule has 0 saturated carbocycles. The number of aromatic nitrogens is 2. The smallest absolute Gasteiger partial charge is 0.350 e. The lowest BCUT2D eigenvalue weighted by Crippen LogP contribution is -2.43. The highest BCUT2D eigenvalue weighted by molar-refractivity contribution is 9.10. The summed E-state index contributed by atoms with van der Waals surface area (Å²) in [4.78, 5) is 24.4. The zero-order valence-corrected chi connectivity index (χ0v) is 26.5. The number of ether oxygens (including phenoxy) is 2. The molecule has 0 atom stereocenters. The van der Waals surface area contributed by atoms with E-state index in [0.717, 1.165) is 37.8 Å². The molecule has 0 N–H and O–H groups in total. The van der Waals surface area contributed by atoms with Crippen LogP contribution in [0.5, 0.6) is 5.75 Å². The van der Waals surface area contributed by atoms with E-state index >= 15 is 0 Å². The van der Waals surface area contributed by atoms with Crippen LogP contribution < -0.4 is 4.74 Å². The molecule has 2 aromatic heterocycles. The van der Waals surface area contributed by atoms with E-state index in [2.05, 4.69) is 31.2 Å². The minimum absolute atomic E-state index is 0.404. The van der Waals surface area contributed by atoms with Gasteiger partial charge in [-0.1, -0.05) is 34.1 Å². The lowest BCUT2D eigenvalue weighted by Gasteiger charge is -2.29. The molecule has 0 spiro atoms. The number of carbonyl (C=O) groups excluding carboxylic acids is 1. The molecule has 0 fully saturated rings. The van der Waals surface area contributed by atoms with Crippen LogP contribution in [0, 0.1) is 13.8 Å². The van der Waals surface area contributed by atoms with E-state index in [-0.39, 0.29) is 0 Å². The van der Waals surface area contributed by atoms with E-state index in [4.69, 9.17) is 18.9 Å². The van der Waals surface area contributed by atoms with Crippen LogP contribution in [-0.4, -0.2) is 32.0 Å². The summed E-state index contributed by atoms with van der Waals surface area (Å²) in [7, 11) is 0. The highest BCUT2D eigenvalue weighted by Crippen LogP contribution is 2.27. The van der Waals surface area contributed by atoms with Crippen molar-refractivity contribution in [3.8, 4) is 17.2 Å². The Morgan fingerprint density at radius 1 is 1.00 bits per heavy atom. The van der Waals surface area contributed by atoms with Gasteiger partial charge in [0.2, 0.25) is 5.89 Å². The van der Waals surface area contributed by atoms with Gasteiger partial charge in [0.25, 0.3) is 0 Å². The summed E-state index contributed by atoms with van der Waals surface area (Å²) in [6.07, 6.45) is 0. The fourth-order valence-electron chi connectivity index (χ4n) is 4.07. The SMILES string of the molecule is Cc1nc(CN(Cc2ccc(OC(C)(C)C(=O)OC(C)(C)C)cc2)Cc2nc(-c3cccc(Br)c3)oc2C)cs1. The summed E-state index contributed by atoms with van der Waals surface area (Å²) < 4.78 is 18.6. The number of benzene rings is 2. The van der Waals surface area contributed by atoms with Crippen molar-refractivity contribution in [3.63, 3.8) is 0 Å². The number of hydrogen-bond donors (Lipinski definition) is 0. The highest BCUT2D eigenvalue weighted by Gasteiger charge is 2.34. The molecule has 0 aliphatic rings. The molecule has 7 nitrogen and oxygen atoms in total. The van der Waals surface area contributed by atoms with Gasteiger partial charge in [0.05, 0.1) is 16.4 Å². The third-order valence-corrected chi connectivity index (χ3v) is 7.30. The number of oxazole rings is 1. The van der Waals surface area contributed by atoms with Gasteiger partial charge in [0.1, 0.15) is 17.1 Å². The van der Waals surface area contributed by atoms with Crippen molar-refractivity contribution in [2.75, 3.05) is 0 Å². The Labute approximate surface area is 248 Å². The number of rotatable bonds is 10. The second-order valence-corrected chi connectivity index (χ2v) is 13.3. The predicted molar refractivity (Wildman–Crippen MR) is 161 cm³/mol. The van der Waals surface area contributed by atoms with Crippen molar-refractivity contribution in [1.82, 2.24) is 14.9 Å². The zero-order valence-electron chi connectivity index (χ0n) is 24.1. The van der Waals surface area contributed by atoms with Crippen molar-refractivity contribution < 1.29 is 18.7 Å². The van der Waals surface area contributed by atoms with Gasteiger partial charge >= 0.3 is 5.97 Å². The van der Waals surface area contributed by atoms with Crippen LogP contribution in [-0.2, 0) is 29.2 Å². The third kappa shape index (κ3) is 8.25.